The Hall–Kier alpha value is -3.72. The second kappa shape index (κ2) is 11.1. The van der Waals surface area contributed by atoms with Crippen LogP contribution < -0.4 is 4.90 Å². The molecule has 0 atom stereocenters. The van der Waals surface area contributed by atoms with Gasteiger partial charge < -0.3 is 4.74 Å². The minimum absolute atomic E-state index is 0.250. The topological polar surface area (TPSA) is 66.2 Å². The third-order valence-corrected chi connectivity index (χ3v) is 5.79. The first-order valence-electron chi connectivity index (χ1n) is 11.7. The van der Waals surface area contributed by atoms with Crippen LogP contribution in [-0.2, 0) is 30.8 Å². The number of nitrogens with zero attached hydrogens (tertiary/aromatic N) is 3. The summed E-state index contributed by atoms with van der Waals surface area (Å²) in [4.78, 5) is 19.1. The van der Waals surface area contributed by atoms with Crippen molar-refractivity contribution in [2.24, 2.45) is 0 Å². The Morgan fingerprint density at radius 2 is 1.83 bits per heavy atom. The van der Waals surface area contributed by atoms with Gasteiger partial charge in [-0.15, -0.1) is 0 Å². The van der Waals surface area contributed by atoms with E-state index in [4.69, 9.17) is 10.00 Å². The standard InChI is InChI=1S/C29H32FN3O2/c1-20-9-12-25(13-10-20)33(28(34)35-29(3,4)5)19-24-18-32-27(16-30)26(21(24)2)14-11-22-7-6-8-23(15-22)17-31/h6-10,12-13,15,18H,11,14,16,19H2,1-5H3. The summed E-state index contributed by atoms with van der Waals surface area (Å²) in [5, 5.41) is 9.17. The molecule has 1 heterocycles. The zero-order valence-corrected chi connectivity index (χ0v) is 21.1. The SMILES string of the molecule is Cc1ccc(N(Cc2cnc(CF)c(CCc3cccc(C#N)c3)c2C)C(=O)OC(C)(C)C)cc1. The smallest absolute Gasteiger partial charge is 0.415 e. The van der Waals surface area contributed by atoms with Gasteiger partial charge in [-0.05, 0) is 94.0 Å². The lowest BCUT2D eigenvalue weighted by Crippen LogP contribution is -2.36. The molecule has 5 nitrogen and oxygen atoms in total. The van der Waals surface area contributed by atoms with Gasteiger partial charge in [-0.25, -0.2) is 9.18 Å². The van der Waals surface area contributed by atoms with Gasteiger partial charge in [-0.3, -0.25) is 9.88 Å². The fourth-order valence-corrected chi connectivity index (χ4v) is 3.89. The number of amides is 1. The van der Waals surface area contributed by atoms with Crippen LogP contribution in [0.3, 0.4) is 0 Å². The average molecular weight is 474 g/mol. The van der Waals surface area contributed by atoms with Crippen molar-refractivity contribution in [3.05, 3.63) is 93.8 Å². The molecule has 0 saturated carbocycles. The molecule has 1 aromatic heterocycles. The Labute approximate surface area is 207 Å². The first kappa shape index (κ1) is 25.9. The van der Waals surface area contributed by atoms with E-state index in [1.807, 2.05) is 77.1 Å². The molecule has 0 aliphatic rings. The molecule has 0 spiro atoms. The zero-order valence-electron chi connectivity index (χ0n) is 21.1. The molecular formula is C29H32FN3O2. The Kier molecular flexibility index (Phi) is 8.24. The molecular weight excluding hydrogens is 441 g/mol. The van der Waals surface area contributed by atoms with Crippen LogP contribution in [0.4, 0.5) is 14.9 Å². The summed E-state index contributed by atoms with van der Waals surface area (Å²) in [6.45, 7) is 9.02. The molecule has 182 valence electrons. The predicted octanol–water partition coefficient (Wildman–Crippen LogP) is 6.77. The highest BCUT2D eigenvalue weighted by molar-refractivity contribution is 5.87. The maximum Gasteiger partial charge on any atom is 0.415 e. The van der Waals surface area contributed by atoms with Crippen molar-refractivity contribution in [1.29, 1.82) is 5.26 Å². The number of aromatic nitrogens is 1. The molecule has 1 amide bonds. The van der Waals surface area contributed by atoms with Gasteiger partial charge in [0.15, 0.2) is 0 Å². The number of hydrogen-bond donors (Lipinski definition) is 0. The summed E-state index contributed by atoms with van der Waals surface area (Å²) >= 11 is 0. The van der Waals surface area contributed by atoms with Gasteiger partial charge in [-0.1, -0.05) is 29.8 Å². The molecule has 0 aliphatic carbocycles. The van der Waals surface area contributed by atoms with E-state index < -0.39 is 18.4 Å². The van der Waals surface area contributed by atoms with E-state index in [0.717, 1.165) is 27.8 Å². The van der Waals surface area contributed by atoms with Gasteiger partial charge in [0, 0.05) is 11.9 Å². The van der Waals surface area contributed by atoms with Crippen molar-refractivity contribution in [2.45, 2.75) is 66.3 Å². The Bertz CT molecular complexity index is 1220. The van der Waals surface area contributed by atoms with Crippen LogP contribution in [0.15, 0.2) is 54.7 Å². The molecule has 0 saturated heterocycles. The zero-order chi connectivity index (χ0) is 25.6. The fourth-order valence-electron chi connectivity index (χ4n) is 3.89. The van der Waals surface area contributed by atoms with Crippen molar-refractivity contribution in [3.8, 4) is 6.07 Å². The lowest BCUT2D eigenvalue weighted by atomic mass is 9.95. The van der Waals surface area contributed by atoms with Crippen LogP contribution >= 0.6 is 0 Å². The van der Waals surface area contributed by atoms with Gasteiger partial charge in [0.1, 0.15) is 12.3 Å². The van der Waals surface area contributed by atoms with E-state index in [1.54, 1.807) is 17.2 Å². The van der Waals surface area contributed by atoms with Gasteiger partial charge >= 0.3 is 6.09 Å². The third-order valence-electron chi connectivity index (χ3n) is 5.79. The fraction of sp³-hybridized carbons (Fsp3) is 0.345. The number of halogens is 1. The van der Waals surface area contributed by atoms with E-state index in [9.17, 15) is 9.18 Å². The van der Waals surface area contributed by atoms with Gasteiger partial charge in [0.05, 0.1) is 23.9 Å². The predicted molar refractivity (Wildman–Crippen MR) is 136 cm³/mol. The van der Waals surface area contributed by atoms with Gasteiger partial charge in [-0.2, -0.15) is 5.26 Å². The van der Waals surface area contributed by atoms with Gasteiger partial charge in [0.2, 0.25) is 0 Å². The number of rotatable bonds is 7. The van der Waals surface area contributed by atoms with Crippen molar-refractivity contribution in [3.63, 3.8) is 0 Å². The molecule has 6 heteroatoms. The largest absolute Gasteiger partial charge is 0.443 e. The quantitative estimate of drug-likeness (QED) is 0.380. The first-order chi connectivity index (χ1) is 16.6. The third kappa shape index (κ3) is 6.89. The summed E-state index contributed by atoms with van der Waals surface area (Å²) in [5.74, 6) is 0. The van der Waals surface area contributed by atoms with Crippen LogP contribution in [0, 0.1) is 25.2 Å². The lowest BCUT2D eigenvalue weighted by molar-refractivity contribution is 0.0577. The minimum Gasteiger partial charge on any atom is -0.443 e. The molecule has 0 unspecified atom stereocenters. The highest BCUT2D eigenvalue weighted by atomic mass is 19.1. The van der Waals surface area contributed by atoms with Crippen molar-refractivity contribution in [2.75, 3.05) is 4.90 Å². The number of carbonyl (C=O) groups excluding carboxylic acids is 1. The number of nitriles is 1. The van der Waals surface area contributed by atoms with E-state index in [1.165, 1.54) is 0 Å². The summed E-state index contributed by atoms with van der Waals surface area (Å²) in [6, 6.07) is 17.3. The minimum atomic E-state index is -0.664. The number of benzene rings is 2. The Morgan fingerprint density at radius 1 is 1.11 bits per heavy atom. The number of ether oxygens (including phenoxy) is 1. The summed E-state index contributed by atoms with van der Waals surface area (Å²) in [6.07, 6.45) is 2.43. The van der Waals surface area contributed by atoms with Crippen LogP contribution in [0.5, 0.6) is 0 Å². The lowest BCUT2D eigenvalue weighted by Gasteiger charge is -2.28. The highest BCUT2D eigenvalue weighted by Gasteiger charge is 2.25. The van der Waals surface area contributed by atoms with Crippen molar-refractivity contribution >= 4 is 11.8 Å². The second-order valence-electron chi connectivity index (χ2n) is 9.68. The van der Waals surface area contributed by atoms with Crippen LogP contribution in [0.1, 0.15) is 59.8 Å². The molecule has 0 aliphatic heterocycles. The molecule has 3 rings (SSSR count). The summed E-state index contributed by atoms with van der Waals surface area (Å²) < 4.78 is 19.5. The summed E-state index contributed by atoms with van der Waals surface area (Å²) in [7, 11) is 0. The van der Waals surface area contributed by atoms with E-state index in [-0.39, 0.29) is 6.54 Å². The van der Waals surface area contributed by atoms with Crippen molar-refractivity contribution < 1.29 is 13.9 Å². The number of anilines is 1. The molecule has 0 radical (unpaired) electrons. The highest BCUT2D eigenvalue weighted by Crippen LogP contribution is 2.26. The van der Waals surface area contributed by atoms with Gasteiger partial charge in [0.25, 0.3) is 0 Å². The molecule has 0 bridgehead atoms. The number of aryl methyl sites for hydroxylation is 2. The number of carbonyl (C=O) groups is 1. The number of pyridine rings is 1. The maximum absolute atomic E-state index is 13.8. The Morgan fingerprint density at radius 3 is 2.46 bits per heavy atom. The van der Waals surface area contributed by atoms with Crippen LogP contribution in [0.2, 0.25) is 0 Å². The molecule has 0 fully saturated rings. The molecule has 3 aromatic rings. The number of hydrogen-bond acceptors (Lipinski definition) is 4. The van der Waals surface area contributed by atoms with Crippen molar-refractivity contribution in [1.82, 2.24) is 4.98 Å². The average Bonchev–Trinajstić information content (AvgIpc) is 2.82. The van der Waals surface area contributed by atoms with E-state index in [2.05, 4.69) is 11.1 Å². The maximum atomic E-state index is 13.8. The van der Waals surface area contributed by atoms with E-state index in [0.29, 0.717) is 29.8 Å². The Balaban J connectivity index is 1.93. The molecule has 0 N–H and O–H groups in total. The van der Waals surface area contributed by atoms with Crippen LogP contribution in [0.25, 0.3) is 0 Å². The van der Waals surface area contributed by atoms with Crippen LogP contribution in [-0.4, -0.2) is 16.7 Å². The molecule has 2 aromatic carbocycles. The number of alkyl halides is 1. The summed E-state index contributed by atoms with van der Waals surface area (Å²) in [5.41, 5.74) is 5.74. The normalized spacial score (nSPS) is 11.1. The van der Waals surface area contributed by atoms with E-state index >= 15 is 0 Å². The monoisotopic (exact) mass is 473 g/mol. The second-order valence-corrected chi connectivity index (χ2v) is 9.68. The first-order valence-corrected chi connectivity index (χ1v) is 11.7. The molecule has 35 heavy (non-hydrogen) atoms.